The largest absolute Gasteiger partial charge is 0.480 e. The summed E-state index contributed by atoms with van der Waals surface area (Å²) in [4.78, 5) is 27.7. The molecule has 1 aromatic rings. The number of carboxylic acid groups (broad SMARTS) is 1. The molecule has 1 aliphatic heterocycles. The molecular formula is C14H19N3O4. The van der Waals surface area contributed by atoms with Crippen LogP contribution in [0.15, 0.2) is 24.4 Å². The predicted octanol–water partition coefficient (Wildman–Crippen LogP) is 1.08. The van der Waals surface area contributed by atoms with E-state index in [4.69, 9.17) is 4.74 Å². The fourth-order valence-electron chi connectivity index (χ4n) is 2.27. The van der Waals surface area contributed by atoms with Crippen LogP contribution in [-0.4, -0.2) is 40.8 Å². The summed E-state index contributed by atoms with van der Waals surface area (Å²) in [7, 11) is 0. The first-order valence-electron chi connectivity index (χ1n) is 6.84. The van der Waals surface area contributed by atoms with Crippen LogP contribution in [0.3, 0.4) is 0 Å². The predicted molar refractivity (Wildman–Crippen MR) is 74.7 cm³/mol. The quantitative estimate of drug-likeness (QED) is 0.771. The molecule has 7 heteroatoms. The second-order valence-electron chi connectivity index (χ2n) is 5.07. The second-order valence-corrected chi connectivity index (χ2v) is 5.07. The van der Waals surface area contributed by atoms with Gasteiger partial charge in [0.15, 0.2) is 0 Å². The number of rotatable bonds is 4. The molecule has 0 aromatic carbocycles. The van der Waals surface area contributed by atoms with E-state index in [1.54, 1.807) is 25.3 Å². The number of aromatic nitrogens is 1. The Hall–Kier alpha value is -2.15. The van der Waals surface area contributed by atoms with Crippen molar-refractivity contribution in [1.82, 2.24) is 15.6 Å². The molecule has 0 saturated carbocycles. The zero-order chi connectivity index (χ0) is 15.3. The highest BCUT2D eigenvalue weighted by molar-refractivity contribution is 5.86. The van der Waals surface area contributed by atoms with Crippen molar-refractivity contribution in [3.8, 4) is 0 Å². The maximum Gasteiger partial charge on any atom is 0.329 e. The third-order valence-electron chi connectivity index (χ3n) is 3.59. The molecule has 1 aromatic heterocycles. The van der Waals surface area contributed by atoms with Crippen LogP contribution >= 0.6 is 0 Å². The van der Waals surface area contributed by atoms with Gasteiger partial charge in [-0.05, 0) is 19.1 Å². The molecule has 3 N–H and O–H groups in total. The Bertz CT molecular complexity index is 500. The fourth-order valence-corrected chi connectivity index (χ4v) is 2.27. The first-order chi connectivity index (χ1) is 10.0. The fraction of sp³-hybridized carbons (Fsp3) is 0.500. The van der Waals surface area contributed by atoms with Crippen LogP contribution < -0.4 is 10.6 Å². The van der Waals surface area contributed by atoms with Gasteiger partial charge < -0.3 is 20.5 Å². The molecular weight excluding hydrogens is 274 g/mol. The highest BCUT2D eigenvalue weighted by Gasteiger charge is 2.41. The Morgan fingerprint density at radius 3 is 2.67 bits per heavy atom. The highest BCUT2D eigenvalue weighted by Crippen LogP contribution is 2.21. The summed E-state index contributed by atoms with van der Waals surface area (Å²) >= 11 is 0. The Balaban J connectivity index is 1.98. The van der Waals surface area contributed by atoms with Crippen molar-refractivity contribution in [1.29, 1.82) is 0 Å². The second kappa shape index (κ2) is 6.53. The highest BCUT2D eigenvalue weighted by atomic mass is 16.5. The molecule has 21 heavy (non-hydrogen) atoms. The summed E-state index contributed by atoms with van der Waals surface area (Å²) < 4.78 is 5.16. The van der Waals surface area contributed by atoms with E-state index in [-0.39, 0.29) is 18.9 Å². The smallest absolute Gasteiger partial charge is 0.329 e. The number of carbonyl (C=O) groups excluding carboxylic acids is 1. The van der Waals surface area contributed by atoms with E-state index in [1.807, 2.05) is 6.07 Å². The minimum atomic E-state index is -1.26. The third kappa shape index (κ3) is 3.69. The van der Waals surface area contributed by atoms with Gasteiger partial charge in [-0.3, -0.25) is 4.98 Å². The number of carbonyl (C=O) groups is 2. The Morgan fingerprint density at radius 2 is 2.10 bits per heavy atom. The molecule has 0 bridgehead atoms. The third-order valence-corrected chi connectivity index (χ3v) is 3.59. The van der Waals surface area contributed by atoms with Crippen LogP contribution in [0.4, 0.5) is 4.79 Å². The Labute approximate surface area is 122 Å². The lowest BCUT2D eigenvalue weighted by Crippen LogP contribution is -2.59. The SMILES string of the molecule is CC(NC(=O)NC1(C(=O)O)CCOCC1)c1ccccn1. The van der Waals surface area contributed by atoms with Crippen LogP contribution in [0.5, 0.6) is 0 Å². The first-order valence-corrected chi connectivity index (χ1v) is 6.84. The van der Waals surface area contributed by atoms with Crippen LogP contribution in [0, 0.1) is 0 Å². The lowest BCUT2D eigenvalue weighted by atomic mass is 9.90. The molecule has 1 fully saturated rings. The van der Waals surface area contributed by atoms with Gasteiger partial charge in [0.1, 0.15) is 5.54 Å². The van der Waals surface area contributed by atoms with E-state index < -0.39 is 17.5 Å². The zero-order valence-corrected chi connectivity index (χ0v) is 11.8. The number of aliphatic carboxylic acids is 1. The van der Waals surface area contributed by atoms with Crippen LogP contribution in [0.25, 0.3) is 0 Å². The van der Waals surface area contributed by atoms with Crippen molar-refractivity contribution in [3.05, 3.63) is 30.1 Å². The molecule has 2 amide bonds. The van der Waals surface area contributed by atoms with Gasteiger partial charge in [0.25, 0.3) is 0 Å². The van der Waals surface area contributed by atoms with Crippen LogP contribution in [0.1, 0.15) is 31.5 Å². The number of hydrogen-bond acceptors (Lipinski definition) is 4. The molecule has 7 nitrogen and oxygen atoms in total. The van der Waals surface area contributed by atoms with E-state index in [1.165, 1.54) is 0 Å². The van der Waals surface area contributed by atoms with Gasteiger partial charge in [-0.25, -0.2) is 9.59 Å². The van der Waals surface area contributed by atoms with Crippen molar-refractivity contribution in [2.24, 2.45) is 0 Å². The van der Waals surface area contributed by atoms with E-state index >= 15 is 0 Å². The van der Waals surface area contributed by atoms with E-state index in [9.17, 15) is 14.7 Å². The molecule has 0 spiro atoms. The Morgan fingerprint density at radius 1 is 1.38 bits per heavy atom. The molecule has 2 rings (SSSR count). The van der Waals surface area contributed by atoms with E-state index in [2.05, 4.69) is 15.6 Å². The number of hydrogen-bond donors (Lipinski definition) is 3. The normalized spacial score (nSPS) is 18.5. The monoisotopic (exact) mass is 293 g/mol. The Kier molecular flexibility index (Phi) is 4.74. The summed E-state index contributed by atoms with van der Waals surface area (Å²) in [6, 6.07) is 4.59. The van der Waals surface area contributed by atoms with E-state index in [0.717, 1.165) is 0 Å². The minimum absolute atomic E-state index is 0.258. The van der Waals surface area contributed by atoms with Gasteiger partial charge in [0.2, 0.25) is 0 Å². The summed E-state index contributed by atoms with van der Waals surface area (Å²) in [5.74, 6) is -1.04. The maximum atomic E-state index is 12.1. The molecule has 1 atom stereocenters. The van der Waals surface area contributed by atoms with Gasteiger partial charge in [0.05, 0.1) is 11.7 Å². The van der Waals surface area contributed by atoms with Crippen molar-refractivity contribution in [2.45, 2.75) is 31.3 Å². The number of ether oxygens (including phenoxy) is 1. The van der Waals surface area contributed by atoms with Gasteiger partial charge in [-0.2, -0.15) is 0 Å². The summed E-state index contributed by atoms with van der Waals surface area (Å²) in [6.07, 6.45) is 2.16. The number of pyridine rings is 1. The molecule has 1 aliphatic rings. The van der Waals surface area contributed by atoms with Crippen LogP contribution in [0.2, 0.25) is 0 Å². The lowest BCUT2D eigenvalue weighted by Gasteiger charge is -2.34. The summed E-state index contributed by atoms with van der Waals surface area (Å²) in [5, 5.41) is 14.7. The standard InChI is InChI=1S/C14H19N3O4/c1-10(11-4-2-3-7-15-11)16-13(20)17-14(12(18)19)5-8-21-9-6-14/h2-4,7,10H,5-6,8-9H2,1H3,(H,18,19)(H2,16,17,20). The van der Waals surface area contributed by atoms with Crippen molar-refractivity contribution < 1.29 is 19.4 Å². The number of carboxylic acids is 1. The summed E-state index contributed by atoms with van der Waals surface area (Å²) in [5.41, 5.74) is -0.546. The average molecular weight is 293 g/mol. The van der Waals surface area contributed by atoms with Gasteiger partial charge in [0, 0.05) is 32.3 Å². The number of urea groups is 1. The van der Waals surface area contributed by atoms with Crippen LogP contribution in [-0.2, 0) is 9.53 Å². The average Bonchev–Trinajstić information content (AvgIpc) is 2.48. The zero-order valence-electron chi connectivity index (χ0n) is 11.8. The van der Waals surface area contributed by atoms with Gasteiger partial charge in [-0.1, -0.05) is 6.07 Å². The molecule has 1 saturated heterocycles. The molecule has 0 aliphatic carbocycles. The topological polar surface area (TPSA) is 101 Å². The first kappa shape index (κ1) is 15.2. The van der Waals surface area contributed by atoms with E-state index in [0.29, 0.717) is 18.9 Å². The number of nitrogens with zero attached hydrogens (tertiary/aromatic N) is 1. The summed E-state index contributed by atoms with van der Waals surface area (Å²) in [6.45, 7) is 2.43. The van der Waals surface area contributed by atoms with Crippen molar-refractivity contribution in [3.63, 3.8) is 0 Å². The number of nitrogens with one attached hydrogen (secondary N) is 2. The number of amides is 2. The molecule has 0 radical (unpaired) electrons. The molecule has 2 heterocycles. The molecule has 114 valence electrons. The molecule has 1 unspecified atom stereocenters. The minimum Gasteiger partial charge on any atom is -0.480 e. The van der Waals surface area contributed by atoms with Crippen molar-refractivity contribution in [2.75, 3.05) is 13.2 Å². The maximum absolute atomic E-state index is 12.1. The van der Waals surface area contributed by atoms with Gasteiger partial charge in [-0.15, -0.1) is 0 Å². The van der Waals surface area contributed by atoms with Gasteiger partial charge >= 0.3 is 12.0 Å². The lowest BCUT2D eigenvalue weighted by molar-refractivity contribution is -0.148. The van der Waals surface area contributed by atoms with Crippen molar-refractivity contribution >= 4 is 12.0 Å².